The summed E-state index contributed by atoms with van der Waals surface area (Å²) >= 11 is 0. The van der Waals surface area contributed by atoms with E-state index in [1.54, 1.807) is 0 Å². The Kier molecular flexibility index (Phi) is 4.33. The standard InChI is InChI=1S/C14H24N4/c1-10(13(15)16)9-18(5)12-7-6-11(8-17-12)14(2,3)4/h6-8,10H,9H2,1-5H3,(H3,15,16). The highest BCUT2D eigenvalue weighted by atomic mass is 15.2. The fourth-order valence-electron chi connectivity index (χ4n) is 1.66. The molecule has 0 spiro atoms. The average molecular weight is 248 g/mol. The van der Waals surface area contributed by atoms with E-state index in [-0.39, 0.29) is 17.2 Å². The molecule has 1 unspecified atom stereocenters. The van der Waals surface area contributed by atoms with Gasteiger partial charge in [0, 0.05) is 25.7 Å². The molecule has 3 N–H and O–H groups in total. The number of anilines is 1. The lowest BCUT2D eigenvalue weighted by Crippen LogP contribution is -2.32. The molecule has 0 saturated carbocycles. The van der Waals surface area contributed by atoms with Gasteiger partial charge in [-0.15, -0.1) is 0 Å². The van der Waals surface area contributed by atoms with Crippen LogP contribution in [0.15, 0.2) is 18.3 Å². The lowest BCUT2D eigenvalue weighted by Gasteiger charge is -2.23. The van der Waals surface area contributed by atoms with Gasteiger partial charge in [0.1, 0.15) is 5.82 Å². The van der Waals surface area contributed by atoms with Gasteiger partial charge in [-0.1, -0.05) is 33.8 Å². The Bertz CT molecular complexity index is 403. The second-order valence-electron chi connectivity index (χ2n) is 5.89. The van der Waals surface area contributed by atoms with Crippen LogP contribution in [0.2, 0.25) is 0 Å². The third kappa shape index (κ3) is 3.72. The lowest BCUT2D eigenvalue weighted by molar-refractivity contribution is 0.587. The third-order valence-electron chi connectivity index (χ3n) is 3.08. The first-order valence-electron chi connectivity index (χ1n) is 6.23. The quantitative estimate of drug-likeness (QED) is 0.635. The van der Waals surface area contributed by atoms with E-state index in [1.165, 1.54) is 5.56 Å². The van der Waals surface area contributed by atoms with Crippen LogP contribution in [0.3, 0.4) is 0 Å². The van der Waals surface area contributed by atoms with E-state index >= 15 is 0 Å². The Morgan fingerprint density at radius 3 is 2.44 bits per heavy atom. The monoisotopic (exact) mass is 248 g/mol. The normalized spacial score (nSPS) is 13.2. The van der Waals surface area contributed by atoms with Crippen LogP contribution < -0.4 is 10.6 Å². The molecule has 0 aromatic carbocycles. The van der Waals surface area contributed by atoms with E-state index < -0.39 is 0 Å². The molecule has 0 aliphatic heterocycles. The number of nitrogens with zero attached hydrogens (tertiary/aromatic N) is 2. The van der Waals surface area contributed by atoms with Crippen molar-refractivity contribution in [2.45, 2.75) is 33.1 Å². The molecule has 0 aliphatic rings. The second kappa shape index (κ2) is 5.38. The van der Waals surface area contributed by atoms with Crippen molar-refractivity contribution >= 4 is 11.7 Å². The van der Waals surface area contributed by atoms with Crippen molar-refractivity contribution in [1.82, 2.24) is 4.98 Å². The average Bonchev–Trinajstić information content (AvgIpc) is 2.27. The van der Waals surface area contributed by atoms with Gasteiger partial charge in [-0.2, -0.15) is 0 Å². The molecule has 1 aromatic heterocycles. The number of pyridine rings is 1. The van der Waals surface area contributed by atoms with Gasteiger partial charge in [0.15, 0.2) is 0 Å². The minimum Gasteiger partial charge on any atom is -0.387 e. The van der Waals surface area contributed by atoms with Gasteiger partial charge in [0.2, 0.25) is 0 Å². The van der Waals surface area contributed by atoms with E-state index in [2.05, 4.69) is 31.8 Å². The van der Waals surface area contributed by atoms with Gasteiger partial charge in [-0.25, -0.2) is 4.98 Å². The van der Waals surface area contributed by atoms with Gasteiger partial charge in [0.05, 0.1) is 5.84 Å². The summed E-state index contributed by atoms with van der Waals surface area (Å²) in [6.45, 7) is 9.17. The van der Waals surface area contributed by atoms with Crippen molar-refractivity contribution in [1.29, 1.82) is 5.41 Å². The summed E-state index contributed by atoms with van der Waals surface area (Å²) in [5.74, 6) is 1.17. The first-order chi connectivity index (χ1) is 8.21. The van der Waals surface area contributed by atoms with Crippen molar-refractivity contribution in [2.75, 3.05) is 18.5 Å². The minimum atomic E-state index is 0.0408. The fraction of sp³-hybridized carbons (Fsp3) is 0.571. The number of hydrogen-bond donors (Lipinski definition) is 2. The number of rotatable bonds is 4. The summed E-state index contributed by atoms with van der Waals surface area (Å²) in [6, 6.07) is 4.13. The van der Waals surface area contributed by atoms with Crippen molar-refractivity contribution < 1.29 is 0 Å². The fourth-order valence-corrected chi connectivity index (χ4v) is 1.66. The molecule has 18 heavy (non-hydrogen) atoms. The first-order valence-corrected chi connectivity index (χ1v) is 6.23. The molecule has 0 fully saturated rings. The van der Waals surface area contributed by atoms with E-state index in [1.807, 2.05) is 31.1 Å². The van der Waals surface area contributed by atoms with Gasteiger partial charge in [0.25, 0.3) is 0 Å². The van der Waals surface area contributed by atoms with E-state index in [4.69, 9.17) is 11.1 Å². The molecular weight excluding hydrogens is 224 g/mol. The van der Waals surface area contributed by atoms with Crippen LogP contribution in [-0.4, -0.2) is 24.4 Å². The number of hydrogen-bond acceptors (Lipinski definition) is 3. The summed E-state index contributed by atoms with van der Waals surface area (Å²) < 4.78 is 0. The van der Waals surface area contributed by atoms with Crippen molar-refractivity contribution in [3.63, 3.8) is 0 Å². The highest BCUT2D eigenvalue weighted by Crippen LogP contribution is 2.22. The Morgan fingerprint density at radius 2 is 2.06 bits per heavy atom. The van der Waals surface area contributed by atoms with Crippen LogP contribution in [0, 0.1) is 11.3 Å². The number of aromatic nitrogens is 1. The predicted octanol–water partition coefficient (Wildman–Crippen LogP) is 2.39. The van der Waals surface area contributed by atoms with Crippen LogP contribution in [0.4, 0.5) is 5.82 Å². The Morgan fingerprint density at radius 1 is 1.44 bits per heavy atom. The molecule has 0 aliphatic carbocycles. The van der Waals surface area contributed by atoms with Crippen LogP contribution in [-0.2, 0) is 5.41 Å². The molecule has 0 bridgehead atoms. The third-order valence-corrected chi connectivity index (χ3v) is 3.08. The molecule has 1 heterocycles. The highest BCUT2D eigenvalue weighted by Gasteiger charge is 2.15. The van der Waals surface area contributed by atoms with Gasteiger partial charge < -0.3 is 10.6 Å². The zero-order valence-electron chi connectivity index (χ0n) is 12.0. The van der Waals surface area contributed by atoms with Crippen LogP contribution in [0.25, 0.3) is 0 Å². The lowest BCUT2D eigenvalue weighted by atomic mass is 9.88. The Labute approximate surface area is 110 Å². The maximum absolute atomic E-state index is 7.40. The van der Waals surface area contributed by atoms with Crippen LogP contribution in [0.5, 0.6) is 0 Å². The summed E-state index contributed by atoms with van der Waals surface area (Å²) in [5, 5.41) is 7.40. The molecule has 4 heteroatoms. The van der Waals surface area contributed by atoms with E-state index in [0.717, 1.165) is 5.82 Å². The molecule has 1 atom stereocenters. The smallest absolute Gasteiger partial charge is 0.128 e. The maximum Gasteiger partial charge on any atom is 0.128 e. The van der Waals surface area contributed by atoms with Crippen LogP contribution >= 0.6 is 0 Å². The summed E-state index contributed by atoms with van der Waals surface area (Å²) in [4.78, 5) is 6.50. The van der Waals surface area contributed by atoms with Gasteiger partial charge in [-0.3, -0.25) is 5.41 Å². The van der Waals surface area contributed by atoms with E-state index in [9.17, 15) is 0 Å². The predicted molar refractivity (Wildman–Crippen MR) is 77.3 cm³/mol. The molecular formula is C14H24N4. The zero-order chi connectivity index (χ0) is 13.9. The Balaban J connectivity index is 2.76. The van der Waals surface area contributed by atoms with Gasteiger partial charge >= 0.3 is 0 Å². The molecule has 4 nitrogen and oxygen atoms in total. The molecule has 0 radical (unpaired) electrons. The molecule has 100 valence electrons. The second-order valence-corrected chi connectivity index (χ2v) is 5.89. The van der Waals surface area contributed by atoms with Crippen molar-refractivity contribution in [2.24, 2.45) is 11.7 Å². The Hall–Kier alpha value is -1.58. The number of nitrogens with one attached hydrogen (secondary N) is 1. The molecule has 0 saturated heterocycles. The SMILES string of the molecule is CC(CN(C)c1ccc(C(C)(C)C)cn1)C(=N)N. The van der Waals surface area contributed by atoms with Crippen LogP contribution in [0.1, 0.15) is 33.3 Å². The topological polar surface area (TPSA) is 66.0 Å². The molecule has 1 aromatic rings. The highest BCUT2D eigenvalue weighted by molar-refractivity contribution is 5.79. The summed E-state index contributed by atoms with van der Waals surface area (Å²) in [7, 11) is 1.97. The van der Waals surface area contributed by atoms with Crippen molar-refractivity contribution in [3.8, 4) is 0 Å². The minimum absolute atomic E-state index is 0.0408. The zero-order valence-corrected chi connectivity index (χ0v) is 12.0. The number of amidine groups is 1. The largest absolute Gasteiger partial charge is 0.387 e. The summed E-state index contributed by atoms with van der Waals surface area (Å²) in [5.41, 5.74) is 6.82. The van der Waals surface area contributed by atoms with Gasteiger partial charge in [-0.05, 0) is 17.0 Å². The molecule has 0 amide bonds. The number of nitrogens with two attached hydrogens (primary N) is 1. The maximum atomic E-state index is 7.40. The summed E-state index contributed by atoms with van der Waals surface area (Å²) in [6.07, 6.45) is 1.92. The first kappa shape index (κ1) is 14.5. The van der Waals surface area contributed by atoms with Crippen molar-refractivity contribution in [3.05, 3.63) is 23.9 Å². The van der Waals surface area contributed by atoms with E-state index in [0.29, 0.717) is 6.54 Å². The molecule has 1 rings (SSSR count).